The minimum atomic E-state index is -0.545. The van der Waals surface area contributed by atoms with E-state index in [-0.39, 0.29) is 5.76 Å². The summed E-state index contributed by atoms with van der Waals surface area (Å²) in [5.41, 5.74) is 6.18. The van der Waals surface area contributed by atoms with Gasteiger partial charge in [0.15, 0.2) is 11.4 Å². The lowest BCUT2D eigenvalue weighted by Gasteiger charge is -2.08. The summed E-state index contributed by atoms with van der Waals surface area (Å²) in [6.07, 6.45) is 2.72. The van der Waals surface area contributed by atoms with Crippen LogP contribution in [0.3, 0.4) is 0 Å². The fourth-order valence-corrected chi connectivity index (χ4v) is 3.30. The number of nitrogens with zero attached hydrogens (tertiary/aromatic N) is 4. The van der Waals surface area contributed by atoms with Gasteiger partial charge < -0.3 is 4.42 Å². The van der Waals surface area contributed by atoms with Crippen LogP contribution in [0.5, 0.6) is 0 Å². The Morgan fingerprint density at radius 3 is 2.70 bits per heavy atom. The first kappa shape index (κ1) is 17.9. The van der Waals surface area contributed by atoms with Crippen LogP contribution < -0.4 is 11.0 Å². The van der Waals surface area contributed by atoms with E-state index in [2.05, 4.69) is 15.5 Å². The zero-order valence-corrected chi connectivity index (χ0v) is 16.3. The largest absolute Gasteiger partial charge is 0.451 e. The molecule has 3 heterocycles. The van der Waals surface area contributed by atoms with E-state index in [9.17, 15) is 9.59 Å². The van der Waals surface area contributed by atoms with Crippen molar-refractivity contribution in [3.05, 3.63) is 88.3 Å². The van der Waals surface area contributed by atoms with Gasteiger partial charge in [0.1, 0.15) is 17.3 Å². The predicted octanol–water partition coefficient (Wildman–Crippen LogP) is 3.33. The van der Waals surface area contributed by atoms with Crippen molar-refractivity contribution in [2.24, 2.45) is 0 Å². The minimum absolute atomic E-state index is 0.106. The maximum atomic E-state index is 12.9. The Labute approximate surface area is 170 Å². The average Bonchev–Trinajstić information content (AvgIpc) is 3.37. The zero-order chi connectivity index (χ0) is 20.8. The number of aromatic nitrogens is 4. The van der Waals surface area contributed by atoms with Gasteiger partial charge in [0.2, 0.25) is 0 Å². The second-order valence-corrected chi connectivity index (χ2v) is 7.07. The molecule has 2 aromatic carbocycles. The number of fused-ring (bicyclic) bond motifs is 2. The lowest BCUT2D eigenvalue weighted by molar-refractivity contribution is 0.0982. The first-order chi connectivity index (χ1) is 14.5. The van der Waals surface area contributed by atoms with Crippen molar-refractivity contribution in [2.45, 2.75) is 13.8 Å². The standard InChI is InChI=1S/C22H17N5O3/c1-13-7-8-16(9-14(13)2)27-20-17(11-24-27)22(29)26(12-23-20)25-21(28)19-10-15-5-3-4-6-18(15)30-19/h3-12H,1-2H3,(H,25,28). The van der Waals surface area contributed by atoms with Crippen LogP contribution in [0.15, 0.2) is 70.3 Å². The van der Waals surface area contributed by atoms with Gasteiger partial charge in [-0.15, -0.1) is 0 Å². The summed E-state index contributed by atoms with van der Waals surface area (Å²) < 4.78 is 8.19. The molecule has 1 N–H and O–H groups in total. The number of hydrogen-bond acceptors (Lipinski definition) is 5. The number of rotatable bonds is 3. The van der Waals surface area contributed by atoms with Gasteiger partial charge >= 0.3 is 5.91 Å². The van der Waals surface area contributed by atoms with E-state index in [0.717, 1.165) is 21.3 Å². The molecule has 0 aliphatic heterocycles. The zero-order valence-electron chi connectivity index (χ0n) is 16.3. The summed E-state index contributed by atoms with van der Waals surface area (Å²) in [4.78, 5) is 29.8. The minimum Gasteiger partial charge on any atom is -0.451 e. The molecule has 8 nitrogen and oxygen atoms in total. The summed E-state index contributed by atoms with van der Waals surface area (Å²) in [6.45, 7) is 4.04. The fraction of sp³-hybridized carbons (Fsp3) is 0.0909. The van der Waals surface area contributed by atoms with Gasteiger partial charge in [0, 0.05) is 5.39 Å². The summed E-state index contributed by atoms with van der Waals surface area (Å²) in [7, 11) is 0. The number of nitrogens with one attached hydrogen (secondary N) is 1. The van der Waals surface area contributed by atoms with E-state index in [4.69, 9.17) is 4.42 Å². The molecule has 0 saturated carbocycles. The van der Waals surface area contributed by atoms with Gasteiger partial charge in [0.05, 0.1) is 11.9 Å². The number of para-hydroxylation sites is 1. The fourth-order valence-electron chi connectivity index (χ4n) is 3.30. The average molecular weight is 399 g/mol. The van der Waals surface area contributed by atoms with Crippen LogP contribution in [-0.2, 0) is 0 Å². The summed E-state index contributed by atoms with van der Waals surface area (Å²) in [5.74, 6) is -0.440. The van der Waals surface area contributed by atoms with Gasteiger partial charge in [-0.05, 0) is 49.2 Å². The van der Waals surface area contributed by atoms with Crippen LogP contribution in [0, 0.1) is 13.8 Å². The normalized spacial score (nSPS) is 11.3. The van der Waals surface area contributed by atoms with Crippen LogP contribution in [0.25, 0.3) is 27.7 Å². The number of carbonyl (C=O) groups is 1. The number of amides is 1. The molecule has 30 heavy (non-hydrogen) atoms. The highest BCUT2D eigenvalue weighted by Gasteiger charge is 2.16. The second-order valence-electron chi connectivity index (χ2n) is 7.07. The van der Waals surface area contributed by atoms with Gasteiger partial charge in [-0.2, -0.15) is 5.10 Å². The monoisotopic (exact) mass is 399 g/mol. The molecule has 0 aliphatic rings. The van der Waals surface area contributed by atoms with Crippen LogP contribution in [-0.4, -0.2) is 25.3 Å². The molecule has 5 aromatic rings. The van der Waals surface area contributed by atoms with E-state index in [1.54, 1.807) is 16.8 Å². The topological polar surface area (TPSA) is 95.0 Å². The molecule has 0 spiro atoms. The molecule has 0 bridgehead atoms. The van der Waals surface area contributed by atoms with E-state index >= 15 is 0 Å². The highest BCUT2D eigenvalue weighted by atomic mass is 16.3. The molecular formula is C22H17N5O3. The third-order valence-electron chi connectivity index (χ3n) is 5.09. The Balaban J connectivity index is 1.50. The molecule has 0 atom stereocenters. The van der Waals surface area contributed by atoms with Gasteiger partial charge in [-0.3, -0.25) is 15.0 Å². The number of carbonyl (C=O) groups excluding carboxylic acids is 1. The number of hydrogen-bond donors (Lipinski definition) is 1. The van der Waals surface area contributed by atoms with E-state index in [1.807, 2.05) is 50.2 Å². The quantitative estimate of drug-likeness (QED) is 0.502. The van der Waals surface area contributed by atoms with Gasteiger partial charge in [0.25, 0.3) is 5.56 Å². The van der Waals surface area contributed by atoms with Crippen LogP contribution in [0.1, 0.15) is 21.7 Å². The van der Waals surface area contributed by atoms with Crippen molar-refractivity contribution >= 4 is 27.9 Å². The molecule has 148 valence electrons. The smallest absolute Gasteiger partial charge is 0.305 e. The third-order valence-corrected chi connectivity index (χ3v) is 5.09. The second kappa shape index (κ2) is 6.70. The number of aryl methyl sites for hydroxylation is 2. The van der Waals surface area contributed by atoms with Crippen molar-refractivity contribution in [2.75, 3.05) is 5.43 Å². The molecule has 5 rings (SSSR count). The Kier molecular flexibility index (Phi) is 3.99. The molecular weight excluding hydrogens is 382 g/mol. The van der Waals surface area contributed by atoms with Gasteiger partial charge in [-0.1, -0.05) is 24.3 Å². The van der Waals surface area contributed by atoms with Crippen molar-refractivity contribution in [3.63, 3.8) is 0 Å². The lowest BCUT2D eigenvalue weighted by atomic mass is 10.1. The maximum absolute atomic E-state index is 12.9. The molecule has 8 heteroatoms. The molecule has 0 aliphatic carbocycles. The van der Waals surface area contributed by atoms with Gasteiger partial charge in [-0.25, -0.2) is 14.3 Å². The molecule has 0 fully saturated rings. The van der Waals surface area contributed by atoms with Crippen molar-refractivity contribution in [1.82, 2.24) is 19.4 Å². The SMILES string of the molecule is Cc1ccc(-n2ncc3c(=O)n(NC(=O)c4cc5ccccc5o4)cnc32)cc1C. The van der Waals surface area contributed by atoms with Crippen LogP contribution in [0.2, 0.25) is 0 Å². The summed E-state index contributed by atoms with van der Waals surface area (Å²) in [5, 5.41) is 5.41. The number of furan rings is 1. The molecule has 0 unspecified atom stereocenters. The molecule has 0 radical (unpaired) electrons. The van der Waals surface area contributed by atoms with E-state index in [1.165, 1.54) is 18.1 Å². The maximum Gasteiger partial charge on any atom is 0.305 e. The summed E-state index contributed by atoms with van der Waals surface area (Å²) >= 11 is 0. The van der Waals surface area contributed by atoms with Crippen LogP contribution in [0.4, 0.5) is 0 Å². The highest BCUT2D eigenvalue weighted by Crippen LogP contribution is 2.19. The first-order valence-electron chi connectivity index (χ1n) is 9.34. The Morgan fingerprint density at radius 2 is 1.90 bits per heavy atom. The van der Waals surface area contributed by atoms with Crippen molar-refractivity contribution < 1.29 is 9.21 Å². The predicted molar refractivity (Wildman–Crippen MR) is 113 cm³/mol. The van der Waals surface area contributed by atoms with Crippen molar-refractivity contribution in [1.29, 1.82) is 0 Å². The summed E-state index contributed by atoms with van der Waals surface area (Å²) in [6, 6.07) is 14.8. The van der Waals surface area contributed by atoms with E-state index in [0.29, 0.717) is 16.6 Å². The highest BCUT2D eigenvalue weighted by molar-refractivity contribution is 6.00. The molecule has 0 saturated heterocycles. The Morgan fingerprint density at radius 1 is 1.07 bits per heavy atom. The Hall–Kier alpha value is -4.20. The third kappa shape index (κ3) is 2.86. The molecule has 3 aromatic heterocycles. The number of benzene rings is 2. The Bertz CT molecular complexity index is 1460. The lowest BCUT2D eigenvalue weighted by Crippen LogP contribution is -2.33. The molecule has 1 amide bonds. The first-order valence-corrected chi connectivity index (χ1v) is 9.34. The van der Waals surface area contributed by atoms with Crippen LogP contribution >= 0.6 is 0 Å². The van der Waals surface area contributed by atoms with Crippen molar-refractivity contribution in [3.8, 4) is 5.69 Å². The van der Waals surface area contributed by atoms with E-state index < -0.39 is 11.5 Å².